The van der Waals surface area contributed by atoms with Crippen molar-refractivity contribution in [2.75, 3.05) is 6.61 Å². The number of unbranched alkanes of at least 4 members (excludes halogenated alkanes) is 3. The van der Waals surface area contributed by atoms with E-state index in [2.05, 4.69) is 6.92 Å². The first-order valence-corrected chi connectivity index (χ1v) is 8.48. The summed E-state index contributed by atoms with van der Waals surface area (Å²) in [7, 11) is 0. The molecule has 0 bridgehead atoms. The van der Waals surface area contributed by atoms with Crippen molar-refractivity contribution in [3.05, 3.63) is 47.5 Å². The second kappa shape index (κ2) is 6.80. The molecule has 2 nitrogen and oxygen atoms in total. The summed E-state index contributed by atoms with van der Waals surface area (Å²) in [5, 5.41) is 9.52. The van der Waals surface area contributed by atoms with Gasteiger partial charge in [-0.05, 0) is 47.4 Å². The van der Waals surface area contributed by atoms with E-state index in [1.807, 2.05) is 12.1 Å². The lowest BCUT2D eigenvalue weighted by Gasteiger charge is -2.28. The minimum atomic E-state index is -2.99. The van der Waals surface area contributed by atoms with Gasteiger partial charge in [-0.2, -0.15) is 0 Å². The Kier molecular flexibility index (Phi) is 4.74. The van der Waals surface area contributed by atoms with Crippen molar-refractivity contribution in [1.82, 2.24) is 0 Å². The van der Waals surface area contributed by atoms with Crippen molar-refractivity contribution in [3.8, 4) is 22.6 Å². The van der Waals surface area contributed by atoms with E-state index in [0.29, 0.717) is 23.5 Å². The van der Waals surface area contributed by atoms with Crippen molar-refractivity contribution in [3.63, 3.8) is 0 Å². The van der Waals surface area contributed by atoms with Gasteiger partial charge in [0.1, 0.15) is 11.5 Å². The van der Waals surface area contributed by atoms with Crippen molar-refractivity contribution in [2.24, 2.45) is 0 Å². The summed E-state index contributed by atoms with van der Waals surface area (Å²) in [6.45, 7) is 2.77. The van der Waals surface area contributed by atoms with Gasteiger partial charge < -0.3 is 9.84 Å². The average Bonchev–Trinajstić information content (AvgIpc) is 2.54. The highest BCUT2D eigenvalue weighted by atomic mass is 19.3. The highest BCUT2D eigenvalue weighted by Crippen LogP contribution is 2.47. The van der Waals surface area contributed by atoms with Crippen molar-refractivity contribution in [1.29, 1.82) is 0 Å². The Bertz CT molecular complexity index is 726. The number of phenolic OH excluding ortho intramolecular Hbond substituents is 1. The molecule has 128 valence electrons. The Labute approximate surface area is 141 Å². The maximum absolute atomic E-state index is 14.4. The molecular weight excluding hydrogens is 310 g/mol. The van der Waals surface area contributed by atoms with E-state index in [4.69, 9.17) is 4.74 Å². The molecule has 3 rings (SSSR count). The molecule has 0 saturated heterocycles. The van der Waals surface area contributed by atoms with Crippen LogP contribution in [0.4, 0.5) is 8.78 Å². The lowest BCUT2D eigenvalue weighted by Crippen LogP contribution is -2.22. The number of benzene rings is 2. The molecule has 1 N–H and O–H groups in total. The highest BCUT2D eigenvalue weighted by molar-refractivity contribution is 5.75. The molecule has 0 saturated carbocycles. The van der Waals surface area contributed by atoms with E-state index in [0.717, 1.165) is 24.5 Å². The number of fused-ring (bicyclic) bond motifs is 3. The maximum Gasteiger partial charge on any atom is 0.277 e. The van der Waals surface area contributed by atoms with Gasteiger partial charge in [0.2, 0.25) is 0 Å². The molecule has 0 unspecified atom stereocenters. The number of rotatable bonds is 6. The number of hydrogen-bond donors (Lipinski definition) is 1. The Balaban J connectivity index is 1.82. The summed E-state index contributed by atoms with van der Waals surface area (Å²) in [4.78, 5) is 0. The first-order chi connectivity index (χ1) is 11.5. The van der Waals surface area contributed by atoms with Gasteiger partial charge in [-0.1, -0.05) is 38.3 Å². The molecule has 1 aliphatic carbocycles. The third kappa shape index (κ3) is 3.37. The van der Waals surface area contributed by atoms with Crippen LogP contribution < -0.4 is 4.74 Å². The van der Waals surface area contributed by atoms with Crippen molar-refractivity contribution in [2.45, 2.75) is 45.0 Å². The topological polar surface area (TPSA) is 29.5 Å². The van der Waals surface area contributed by atoms with Gasteiger partial charge in [0.25, 0.3) is 5.92 Å². The van der Waals surface area contributed by atoms with E-state index >= 15 is 0 Å². The second-order valence-corrected chi connectivity index (χ2v) is 6.34. The smallest absolute Gasteiger partial charge is 0.277 e. The van der Waals surface area contributed by atoms with E-state index in [1.165, 1.54) is 18.9 Å². The van der Waals surface area contributed by atoms with Crippen LogP contribution in [0.25, 0.3) is 11.1 Å². The summed E-state index contributed by atoms with van der Waals surface area (Å²) in [5.41, 5.74) is 1.75. The zero-order valence-electron chi connectivity index (χ0n) is 13.8. The van der Waals surface area contributed by atoms with Crippen LogP contribution in [0.3, 0.4) is 0 Å². The summed E-state index contributed by atoms with van der Waals surface area (Å²) >= 11 is 0. The van der Waals surface area contributed by atoms with Crippen LogP contribution >= 0.6 is 0 Å². The first kappa shape index (κ1) is 16.7. The Morgan fingerprint density at radius 1 is 1.04 bits per heavy atom. The summed E-state index contributed by atoms with van der Waals surface area (Å²) < 4.78 is 34.6. The number of ether oxygens (including phenoxy) is 1. The molecule has 24 heavy (non-hydrogen) atoms. The molecule has 0 radical (unpaired) electrons. The molecule has 2 aromatic rings. The zero-order chi connectivity index (χ0) is 17.2. The summed E-state index contributed by atoms with van der Waals surface area (Å²) in [6.07, 6.45) is 4.08. The summed E-state index contributed by atoms with van der Waals surface area (Å²) in [5.74, 6) is -2.48. The largest absolute Gasteiger partial charge is 0.508 e. The lowest BCUT2D eigenvalue weighted by atomic mass is 9.83. The van der Waals surface area contributed by atoms with Gasteiger partial charge in [-0.3, -0.25) is 0 Å². The van der Waals surface area contributed by atoms with Crippen LogP contribution in [0, 0.1) is 0 Å². The van der Waals surface area contributed by atoms with Crippen LogP contribution in [0.15, 0.2) is 36.4 Å². The minimum absolute atomic E-state index is 0.108. The fourth-order valence-electron chi connectivity index (χ4n) is 3.19. The third-order valence-corrected chi connectivity index (χ3v) is 4.44. The molecule has 1 aliphatic rings. The number of halogens is 2. The van der Waals surface area contributed by atoms with E-state index in [9.17, 15) is 13.9 Å². The third-order valence-electron chi connectivity index (χ3n) is 4.44. The van der Waals surface area contributed by atoms with Gasteiger partial charge in [0, 0.05) is 12.0 Å². The van der Waals surface area contributed by atoms with Crippen LogP contribution in [0.5, 0.6) is 11.5 Å². The SMILES string of the molecule is CCCCCCOc1ccc2c(c1)CC(F)(F)c1cc(O)ccc1-2. The van der Waals surface area contributed by atoms with Crippen LogP contribution in [0.1, 0.15) is 43.7 Å². The molecule has 2 aromatic carbocycles. The predicted octanol–water partition coefficient (Wildman–Crippen LogP) is 5.67. The quantitative estimate of drug-likeness (QED) is 0.691. The minimum Gasteiger partial charge on any atom is -0.508 e. The molecule has 4 heteroatoms. The Morgan fingerprint density at radius 3 is 2.62 bits per heavy atom. The monoisotopic (exact) mass is 332 g/mol. The predicted molar refractivity (Wildman–Crippen MR) is 90.8 cm³/mol. The van der Waals surface area contributed by atoms with Gasteiger partial charge in [0.15, 0.2) is 0 Å². The normalized spacial score (nSPS) is 14.8. The number of alkyl halides is 2. The maximum atomic E-state index is 14.4. The van der Waals surface area contributed by atoms with E-state index in [-0.39, 0.29) is 17.7 Å². The van der Waals surface area contributed by atoms with Crippen LogP contribution in [-0.4, -0.2) is 11.7 Å². The van der Waals surface area contributed by atoms with E-state index in [1.54, 1.807) is 12.1 Å². The van der Waals surface area contributed by atoms with Crippen molar-refractivity contribution < 1.29 is 18.6 Å². The van der Waals surface area contributed by atoms with Gasteiger partial charge >= 0.3 is 0 Å². The number of aromatic hydroxyl groups is 1. The molecular formula is C20H22F2O2. The number of hydrogen-bond acceptors (Lipinski definition) is 2. The van der Waals surface area contributed by atoms with E-state index < -0.39 is 5.92 Å². The van der Waals surface area contributed by atoms with Gasteiger partial charge in [0.05, 0.1) is 6.61 Å². The lowest BCUT2D eigenvalue weighted by molar-refractivity contribution is -0.00503. The standard InChI is InChI=1S/C20H22F2O2/c1-2-3-4-5-10-24-16-7-9-17-14(11-16)13-20(21,22)19-12-15(23)6-8-18(17)19/h6-9,11-12,23H,2-5,10,13H2,1H3. The molecule has 0 atom stereocenters. The van der Waals surface area contributed by atoms with Crippen molar-refractivity contribution >= 4 is 0 Å². The van der Waals surface area contributed by atoms with Gasteiger partial charge in [-0.15, -0.1) is 0 Å². The second-order valence-electron chi connectivity index (χ2n) is 6.34. The van der Waals surface area contributed by atoms with Crippen LogP contribution in [0.2, 0.25) is 0 Å². The molecule has 0 aliphatic heterocycles. The molecule has 0 heterocycles. The molecule has 0 aromatic heterocycles. The van der Waals surface area contributed by atoms with Gasteiger partial charge in [-0.25, -0.2) is 8.78 Å². The molecule has 0 spiro atoms. The highest BCUT2D eigenvalue weighted by Gasteiger charge is 2.39. The Morgan fingerprint density at radius 2 is 1.83 bits per heavy atom. The molecule has 0 amide bonds. The van der Waals surface area contributed by atoms with Crippen LogP contribution in [-0.2, 0) is 12.3 Å². The Hall–Kier alpha value is -2.10. The molecule has 0 fully saturated rings. The zero-order valence-corrected chi connectivity index (χ0v) is 13.8. The summed E-state index contributed by atoms with van der Waals surface area (Å²) in [6, 6.07) is 9.56. The fourth-order valence-corrected chi connectivity index (χ4v) is 3.19. The fraction of sp³-hybridized carbons (Fsp3) is 0.400. The number of phenols is 1. The first-order valence-electron chi connectivity index (χ1n) is 8.48. The average molecular weight is 332 g/mol.